The fourth-order valence-corrected chi connectivity index (χ4v) is 3.26. The van der Waals surface area contributed by atoms with E-state index in [1.165, 1.54) is 36.1 Å². The van der Waals surface area contributed by atoms with Crippen LogP contribution in [0.25, 0.3) is 10.6 Å². The zero-order valence-electron chi connectivity index (χ0n) is 13.2. The predicted octanol–water partition coefficient (Wildman–Crippen LogP) is 1.92. The second-order valence-electron chi connectivity index (χ2n) is 5.37. The van der Waals surface area contributed by atoms with Gasteiger partial charge in [0.2, 0.25) is 0 Å². The molecular formula is C17H15N3O3S. The minimum Gasteiger partial charge on any atom is -0.294 e. The van der Waals surface area contributed by atoms with Crippen LogP contribution in [-0.2, 0) is 13.6 Å². The molecule has 0 aliphatic rings. The van der Waals surface area contributed by atoms with E-state index in [9.17, 15) is 14.4 Å². The molecule has 0 aliphatic heterocycles. The first-order chi connectivity index (χ1) is 11.5. The van der Waals surface area contributed by atoms with Crippen molar-refractivity contribution >= 4 is 17.1 Å². The number of ketones is 1. The summed E-state index contributed by atoms with van der Waals surface area (Å²) < 4.78 is 2.32. The lowest BCUT2D eigenvalue weighted by Crippen LogP contribution is -2.40. The summed E-state index contributed by atoms with van der Waals surface area (Å²) in [6, 6.07) is 9.75. The molecule has 24 heavy (non-hydrogen) atoms. The Morgan fingerprint density at radius 1 is 1.21 bits per heavy atom. The summed E-state index contributed by atoms with van der Waals surface area (Å²) in [5, 5.41) is 0.857. The van der Waals surface area contributed by atoms with Crippen molar-refractivity contribution in [3.63, 3.8) is 0 Å². The Hall–Kier alpha value is -2.80. The van der Waals surface area contributed by atoms with Crippen LogP contribution in [0.5, 0.6) is 0 Å². The Balaban J connectivity index is 1.98. The van der Waals surface area contributed by atoms with E-state index in [0.717, 1.165) is 20.0 Å². The van der Waals surface area contributed by atoms with Crippen molar-refractivity contribution in [2.45, 2.75) is 13.5 Å². The van der Waals surface area contributed by atoms with Crippen LogP contribution in [0.15, 0.2) is 52.3 Å². The lowest BCUT2D eigenvalue weighted by atomic mass is 10.2. The van der Waals surface area contributed by atoms with Crippen LogP contribution < -0.4 is 11.2 Å². The smallest absolute Gasteiger partial charge is 0.294 e. The molecule has 2 aromatic heterocycles. The molecule has 2 heterocycles. The van der Waals surface area contributed by atoms with E-state index >= 15 is 0 Å². The second kappa shape index (κ2) is 6.37. The molecule has 0 unspecified atom stereocenters. The van der Waals surface area contributed by atoms with Crippen molar-refractivity contribution in [3.8, 4) is 10.6 Å². The Bertz CT molecular complexity index is 1020. The number of benzene rings is 1. The lowest BCUT2D eigenvalue weighted by Gasteiger charge is -2.07. The highest BCUT2D eigenvalue weighted by Crippen LogP contribution is 2.25. The van der Waals surface area contributed by atoms with E-state index in [1.807, 2.05) is 30.3 Å². The molecule has 0 spiro atoms. The van der Waals surface area contributed by atoms with Crippen molar-refractivity contribution < 1.29 is 4.79 Å². The van der Waals surface area contributed by atoms with Crippen molar-refractivity contribution in [1.82, 2.24) is 14.1 Å². The van der Waals surface area contributed by atoms with E-state index in [1.54, 1.807) is 6.20 Å². The Morgan fingerprint density at radius 2 is 1.92 bits per heavy atom. The summed E-state index contributed by atoms with van der Waals surface area (Å²) in [6.07, 6.45) is 3.03. The molecule has 0 saturated heterocycles. The van der Waals surface area contributed by atoms with Crippen LogP contribution in [0.4, 0.5) is 0 Å². The van der Waals surface area contributed by atoms with E-state index in [4.69, 9.17) is 0 Å². The Kier molecular flexibility index (Phi) is 4.26. The first kappa shape index (κ1) is 16.1. The van der Waals surface area contributed by atoms with Gasteiger partial charge in [-0.05, 0) is 6.92 Å². The molecule has 7 heteroatoms. The number of thiazole rings is 1. The van der Waals surface area contributed by atoms with Crippen LogP contribution in [0, 0.1) is 0 Å². The first-order valence-corrected chi connectivity index (χ1v) is 8.10. The van der Waals surface area contributed by atoms with Gasteiger partial charge in [-0.25, -0.2) is 9.78 Å². The molecule has 3 rings (SSSR count). The normalized spacial score (nSPS) is 10.8. The molecule has 0 bridgehead atoms. The third kappa shape index (κ3) is 2.98. The first-order valence-electron chi connectivity index (χ1n) is 7.29. The lowest BCUT2D eigenvalue weighted by molar-refractivity contribution is 0.101. The van der Waals surface area contributed by atoms with Crippen LogP contribution in [0.2, 0.25) is 0 Å². The molecular weight excluding hydrogens is 326 g/mol. The zero-order valence-corrected chi connectivity index (χ0v) is 14.0. The predicted molar refractivity (Wildman–Crippen MR) is 92.6 cm³/mol. The average Bonchev–Trinajstić information content (AvgIpc) is 3.04. The van der Waals surface area contributed by atoms with Gasteiger partial charge in [-0.3, -0.25) is 18.7 Å². The number of rotatable bonds is 4. The zero-order chi connectivity index (χ0) is 17.3. The van der Waals surface area contributed by atoms with Gasteiger partial charge in [0.15, 0.2) is 5.78 Å². The molecule has 0 fully saturated rings. The number of carbonyl (C=O) groups excluding carboxylic acids is 1. The Morgan fingerprint density at radius 3 is 2.58 bits per heavy atom. The summed E-state index contributed by atoms with van der Waals surface area (Å²) in [5.41, 5.74) is -0.0198. The maximum Gasteiger partial charge on any atom is 0.331 e. The van der Waals surface area contributed by atoms with Gasteiger partial charge in [0.05, 0.1) is 12.1 Å². The number of nitrogens with zero attached hydrogens (tertiary/aromatic N) is 3. The van der Waals surface area contributed by atoms with Crippen LogP contribution in [0.3, 0.4) is 0 Å². The molecule has 3 aromatic rings. The molecule has 0 saturated carbocycles. The van der Waals surface area contributed by atoms with Gasteiger partial charge in [0.1, 0.15) is 5.01 Å². The molecule has 0 atom stereocenters. The standard InChI is InChI=1S/C17H15N3O3S/c1-11(21)14-10-20(17(23)19(2)16(14)22)9-13-8-18-15(24-13)12-6-4-3-5-7-12/h3-8,10H,9H2,1-2H3. The average molecular weight is 341 g/mol. The fourth-order valence-electron chi connectivity index (χ4n) is 2.34. The van der Waals surface area contributed by atoms with Crippen molar-refractivity contribution in [3.05, 3.63) is 74.0 Å². The highest BCUT2D eigenvalue weighted by atomic mass is 32.1. The maximum absolute atomic E-state index is 12.2. The summed E-state index contributed by atoms with van der Waals surface area (Å²) in [7, 11) is 1.37. The van der Waals surface area contributed by atoms with E-state index < -0.39 is 11.2 Å². The summed E-state index contributed by atoms with van der Waals surface area (Å²) in [4.78, 5) is 41.0. The van der Waals surface area contributed by atoms with Gasteiger partial charge in [0, 0.05) is 29.9 Å². The van der Waals surface area contributed by atoms with Crippen molar-refractivity contribution in [2.24, 2.45) is 7.05 Å². The minimum atomic E-state index is -0.571. The largest absolute Gasteiger partial charge is 0.331 e. The highest BCUT2D eigenvalue weighted by Gasteiger charge is 2.13. The quantitative estimate of drug-likeness (QED) is 0.680. The maximum atomic E-state index is 12.2. The van der Waals surface area contributed by atoms with Crippen LogP contribution in [0.1, 0.15) is 22.2 Å². The molecule has 6 nitrogen and oxygen atoms in total. The van der Waals surface area contributed by atoms with E-state index in [0.29, 0.717) is 0 Å². The molecule has 122 valence electrons. The number of hydrogen-bond donors (Lipinski definition) is 0. The van der Waals surface area contributed by atoms with E-state index in [-0.39, 0.29) is 17.9 Å². The van der Waals surface area contributed by atoms with Gasteiger partial charge in [-0.1, -0.05) is 30.3 Å². The van der Waals surface area contributed by atoms with Crippen molar-refractivity contribution in [2.75, 3.05) is 0 Å². The topological polar surface area (TPSA) is 74.0 Å². The number of aromatic nitrogens is 3. The van der Waals surface area contributed by atoms with Crippen molar-refractivity contribution in [1.29, 1.82) is 0 Å². The number of Topliss-reactive ketones (excluding diaryl/α,β-unsaturated/α-hetero) is 1. The van der Waals surface area contributed by atoms with Crippen LogP contribution >= 0.6 is 11.3 Å². The molecule has 0 amide bonds. The number of hydrogen-bond acceptors (Lipinski definition) is 5. The Labute approximate surface area is 141 Å². The third-order valence-electron chi connectivity index (χ3n) is 3.63. The summed E-state index contributed by atoms with van der Waals surface area (Å²) >= 11 is 1.47. The minimum absolute atomic E-state index is 0.00454. The SMILES string of the molecule is CC(=O)c1cn(Cc2cnc(-c3ccccc3)s2)c(=O)n(C)c1=O. The van der Waals surface area contributed by atoms with E-state index in [2.05, 4.69) is 4.98 Å². The molecule has 0 radical (unpaired) electrons. The second-order valence-corrected chi connectivity index (χ2v) is 6.49. The van der Waals surface area contributed by atoms with Gasteiger partial charge in [-0.15, -0.1) is 11.3 Å². The van der Waals surface area contributed by atoms with Gasteiger partial charge in [-0.2, -0.15) is 0 Å². The fraction of sp³-hybridized carbons (Fsp3) is 0.176. The summed E-state index contributed by atoms with van der Waals surface area (Å²) in [5.74, 6) is -0.362. The number of carbonyl (C=O) groups is 1. The highest BCUT2D eigenvalue weighted by molar-refractivity contribution is 7.15. The third-order valence-corrected chi connectivity index (χ3v) is 4.66. The summed E-state index contributed by atoms with van der Waals surface area (Å²) in [6.45, 7) is 1.57. The van der Waals surface area contributed by atoms with Gasteiger partial charge < -0.3 is 0 Å². The molecule has 0 aliphatic carbocycles. The molecule has 0 N–H and O–H groups in total. The monoisotopic (exact) mass is 341 g/mol. The van der Waals surface area contributed by atoms with Gasteiger partial charge >= 0.3 is 5.69 Å². The van der Waals surface area contributed by atoms with Crippen LogP contribution in [-0.4, -0.2) is 19.9 Å². The van der Waals surface area contributed by atoms with Gasteiger partial charge in [0.25, 0.3) is 5.56 Å². The molecule has 1 aromatic carbocycles.